The van der Waals surface area contributed by atoms with Gasteiger partial charge in [0.1, 0.15) is 0 Å². The molecule has 1 atom stereocenters. The van der Waals surface area contributed by atoms with Crippen molar-refractivity contribution in [2.45, 2.75) is 30.8 Å². The van der Waals surface area contributed by atoms with Gasteiger partial charge in [0.25, 0.3) is 29.5 Å². The molecule has 0 bridgehead atoms. The zero-order valence-corrected chi connectivity index (χ0v) is 23.0. The van der Waals surface area contributed by atoms with E-state index >= 15 is 0 Å². The number of carbonyl (C=O) groups is 5. The maximum Gasteiger partial charge on any atom is 0.268 e. The van der Waals surface area contributed by atoms with Gasteiger partial charge in [-0.3, -0.25) is 28.9 Å². The van der Waals surface area contributed by atoms with Gasteiger partial charge < -0.3 is 11.1 Å². The second-order valence-electron chi connectivity index (χ2n) is 6.80. The molecule has 0 rings (SSSR count). The minimum Gasteiger partial charge on any atom is -0.329 e. The third-order valence-electron chi connectivity index (χ3n) is 4.61. The number of nitrogens with two attached hydrogens (primary N) is 1. The van der Waals surface area contributed by atoms with E-state index in [1.54, 1.807) is 0 Å². The molecule has 3 N–H and O–H groups in total. The third-order valence-corrected chi connectivity index (χ3v) is 5.07. The highest BCUT2D eigenvalue weighted by molar-refractivity contribution is 7.78. The number of aliphatic imine (C=N–C) groups is 5. The number of isothiocyanates is 5. The summed E-state index contributed by atoms with van der Waals surface area (Å²) >= 11 is 22.4. The standard InChI is InChI=1S/C19H18N8O5S5/c20-1-2-21-13(3-14(28)22-8-33)19(4-15(29)23-9-34,5-16(30)24-10-35)27(6-17(31)25-11-36)7-18(32)26-12-37/h13,21H,1-7,20H2. The van der Waals surface area contributed by atoms with Crippen LogP contribution in [0.5, 0.6) is 0 Å². The Morgan fingerprint density at radius 1 is 0.703 bits per heavy atom. The summed E-state index contributed by atoms with van der Waals surface area (Å²) < 4.78 is 0. The van der Waals surface area contributed by atoms with E-state index in [1.807, 2.05) is 25.8 Å². The fraction of sp³-hybridized carbons (Fsp3) is 0.474. The van der Waals surface area contributed by atoms with Crippen LogP contribution in [0.2, 0.25) is 0 Å². The minimum absolute atomic E-state index is 0.0531. The average Bonchev–Trinajstić information content (AvgIpc) is 2.81. The second kappa shape index (κ2) is 19.4. The first-order chi connectivity index (χ1) is 17.6. The van der Waals surface area contributed by atoms with Crippen LogP contribution in [-0.2, 0) is 24.0 Å². The van der Waals surface area contributed by atoms with E-state index < -0.39 is 73.5 Å². The highest BCUT2D eigenvalue weighted by atomic mass is 32.1. The molecular formula is C19H18N8O5S5. The molecule has 1 unspecified atom stereocenters. The number of amides is 5. The van der Waals surface area contributed by atoms with Crippen molar-refractivity contribution in [1.29, 1.82) is 0 Å². The Balaban J connectivity index is 7.45. The summed E-state index contributed by atoms with van der Waals surface area (Å²) in [7, 11) is 0. The molecule has 0 saturated heterocycles. The molecule has 0 aliphatic carbocycles. The minimum atomic E-state index is -1.90. The first kappa shape index (κ1) is 34.2. The van der Waals surface area contributed by atoms with Gasteiger partial charge in [-0.15, -0.1) is 0 Å². The highest BCUT2D eigenvalue weighted by Crippen LogP contribution is 2.32. The molecule has 0 aliphatic rings. The lowest BCUT2D eigenvalue weighted by atomic mass is 9.78. The Morgan fingerprint density at radius 2 is 1.08 bits per heavy atom. The summed E-state index contributed by atoms with van der Waals surface area (Å²) in [5.41, 5.74) is 3.71. The first-order valence-electron chi connectivity index (χ1n) is 9.86. The van der Waals surface area contributed by atoms with Crippen LogP contribution in [0.1, 0.15) is 19.3 Å². The van der Waals surface area contributed by atoms with E-state index in [0.717, 1.165) is 4.90 Å². The molecule has 0 saturated carbocycles. The molecule has 0 heterocycles. The number of thiocarbonyl (C=S) groups is 5. The number of nitrogens with zero attached hydrogens (tertiary/aromatic N) is 6. The summed E-state index contributed by atoms with van der Waals surface area (Å²) in [6, 6.07) is -1.20. The monoisotopic (exact) mass is 598 g/mol. The summed E-state index contributed by atoms with van der Waals surface area (Å²) in [4.78, 5) is 81.0. The van der Waals surface area contributed by atoms with Crippen LogP contribution in [0, 0.1) is 0 Å². The Hall–Kier alpha value is -2.77. The van der Waals surface area contributed by atoms with Crippen LogP contribution < -0.4 is 11.1 Å². The van der Waals surface area contributed by atoms with Crippen molar-refractivity contribution in [3.8, 4) is 0 Å². The Kier molecular flexibility index (Phi) is 17.9. The van der Waals surface area contributed by atoms with Gasteiger partial charge in [-0.05, 0) is 61.1 Å². The Morgan fingerprint density at radius 3 is 1.46 bits per heavy atom. The lowest BCUT2D eigenvalue weighted by Crippen LogP contribution is -2.65. The number of nitrogens with one attached hydrogen (secondary N) is 1. The molecule has 18 heteroatoms. The van der Waals surface area contributed by atoms with Crippen LogP contribution >= 0.6 is 61.1 Å². The van der Waals surface area contributed by atoms with Gasteiger partial charge in [0.15, 0.2) is 0 Å². The molecule has 37 heavy (non-hydrogen) atoms. The fourth-order valence-corrected chi connectivity index (χ4v) is 3.82. The van der Waals surface area contributed by atoms with Crippen LogP contribution in [0.25, 0.3) is 0 Å². The van der Waals surface area contributed by atoms with Crippen LogP contribution in [0.4, 0.5) is 0 Å². The number of hydrogen-bond acceptors (Lipinski definition) is 13. The van der Waals surface area contributed by atoms with Crippen molar-refractivity contribution in [3.05, 3.63) is 0 Å². The zero-order valence-electron chi connectivity index (χ0n) is 18.9. The predicted molar refractivity (Wildman–Crippen MR) is 149 cm³/mol. The third kappa shape index (κ3) is 12.8. The smallest absolute Gasteiger partial charge is 0.268 e. The number of rotatable bonds is 15. The summed E-state index contributed by atoms with van der Waals surface area (Å²) in [6.45, 7) is -1.28. The average molecular weight is 599 g/mol. The molecule has 194 valence electrons. The second-order valence-corrected chi connectivity index (χ2v) is 7.71. The van der Waals surface area contributed by atoms with Crippen LogP contribution in [0.3, 0.4) is 0 Å². The molecule has 0 fully saturated rings. The van der Waals surface area contributed by atoms with E-state index in [9.17, 15) is 24.0 Å². The topological polar surface area (TPSA) is 188 Å². The highest BCUT2D eigenvalue weighted by Gasteiger charge is 2.49. The van der Waals surface area contributed by atoms with Crippen molar-refractivity contribution in [2.24, 2.45) is 30.7 Å². The SMILES string of the molecule is NCCNC(CC(=O)N=C=S)C(CC(=O)N=C=S)(CC(=O)N=C=S)N(CC(=O)N=C=S)CC(=O)N=C=S. The van der Waals surface area contributed by atoms with E-state index in [2.05, 4.69) is 91.4 Å². The van der Waals surface area contributed by atoms with E-state index in [-0.39, 0.29) is 13.1 Å². The first-order valence-corrected chi connectivity index (χ1v) is 11.9. The zero-order chi connectivity index (χ0) is 28.3. The Bertz CT molecular complexity index is 1100. The largest absolute Gasteiger partial charge is 0.329 e. The van der Waals surface area contributed by atoms with Crippen LogP contribution in [0.15, 0.2) is 25.0 Å². The van der Waals surface area contributed by atoms with Crippen molar-refractivity contribution in [2.75, 3.05) is 26.2 Å². The van der Waals surface area contributed by atoms with Gasteiger partial charge in [-0.1, -0.05) is 0 Å². The molecule has 0 aromatic carbocycles. The molecule has 13 nitrogen and oxygen atoms in total. The van der Waals surface area contributed by atoms with Crippen molar-refractivity contribution >= 4 is 116 Å². The normalized spacial score (nSPS) is 12.1. The molecule has 0 spiro atoms. The molecule has 5 amide bonds. The van der Waals surface area contributed by atoms with Gasteiger partial charge in [-0.2, -0.15) is 25.0 Å². The van der Waals surface area contributed by atoms with E-state index in [4.69, 9.17) is 5.73 Å². The van der Waals surface area contributed by atoms with Crippen molar-refractivity contribution in [3.63, 3.8) is 0 Å². The summed E-state index contributed by atoms with van der Waals surface area (Å²) in [5, 5.41) is 12.5. The number of hydrogen-bond donors (Lipinski definition) is 2. The van der Waals surface area contributed by atoms with E-state index in [0.29, 0.717) is 0 Å². The molecule has 0 radical (unpaired) electrons. The van der Waals surface area contributed by atoms with Crippen molar-refractivity contribution < 1.29 is 24.0 Å². The maximum atomic E-state index is 12.8. The van der Waals surface area contributed by atoms with Crippen LogP contribution in [-0.4, -0.2) is 98.0 Å². The molecular weight excluding hydrogens is 581 g/mol. The predicted octanol–water partition coefficient (Wildman–Crippen LogP) is 0.261. The Labute approximate surface area is 237 Å². The fourth-order valence-electron chi connectivity index (χ4n) is 3.31. The molecule has 0 aliphatic heterocycles. The lowest BCUT2D eigenvalue weighted by molar-refractivity contribution is -0.135. The van der Waals surface area contributed by atoms with Gasteiger partial charge >= 0.3 is 0 Å². The quantitative estimate of drug-likeness (QED) is 0.193. The van der Waals surface area contributed by atoms with E-state index in [1.165, 1.54) is 0 Å². The van der Waals surface area contributed by atoms with Gasteiger partial charge in [0.2, 0.25) is 0 Å². The van der Waals surface area contributed by atoms with Gasteiger partial charge in [-0.25, -0.2) is 0 Å². The lowest BCUT2D eigenvalue weighted by Gasteiger charge is -2.47. The number of carbonyl (C=O) groups excluding carboxylic acids is 5. The van der Waals surface area contributed by atoms with Crippen molar-refractivity contribution in [1.82, 2.24) is 10.2 Å². The van der Waals surface area contributed by atoms with Gasteiger partial charge in [0, 0.05) is 25.6 Å². The van der Waals surface area contributed by atoms with Gasteiger partial charge in [0.05, 0.1) is 57.3 Å². The molecule has 0 aromatic heterocycles. The summed E-state index contributed by atoms with van der Waals surface area (Å²) in [6.07, 6.45) is -1.87. The maximum absolute atomic E-state index is 12.8. The molecule has 0 aromatic rings. The summed E-state index contributed by atoms with van der Waals surface area (Å²) in [5.74, 6) is -4.45.